The highest BCUT2D eigenvalue weighted by molar-refractivity contribution is 4.93. The van der Waals surface area contributed by atoms with Gasteiger partial charge in [0.05, 0.1) is 13.2 Å². The second-order valence-electron chi connectivity index (χ2n) is 6.24. The topological polar surface area (TPSA) is 47.7 Å². The normalized spacial score (nSPS) is 33.6. The van der Waals surface area contributed by atoms with Gasteiger partial charge in [0.1, 0.15) is 0 Å². The Hall–Kier alpha value is -0.160. The van der Waals surface area contributed by atoms with Crippen molar-refractivity contribution >= 4 is 0 Å². The Bertz CT molecular complexity index is 238. The summed E-state index contributed by atoms with van der Waals surface area (Å²) >= 11 is 0. The van der Waals surface area contributed by atoms with Crippen LogP contribution in [0.2, 0.25) is 0 Å². The molecule has 1 saturated carbocycles. The first kappa shape index (κ1) is 16.9. The van der Waals surface area contributed by atoms with Crippen LogP contribution < -0.4 is 5.73 Å². The molecule has 0 aromatic rings. The molecule has 0 aromatic heterocycles. The molecule has 0 radical (unpaired) electrons. The van der Waals surface area contributed by atoms with E-state index in [9.17, 15) is 0 Å². The Morgan fingerprint density at radius 3 is 2.42 bits per heavy atom. The van der Waals surface area contributed by atoms with E-state index in [4.69, 9.17) is 15.2 Å². The third-order valence-corrected chi connectivity index (χ3v) is 4.38. The van der Waals surface area contributed by atoms with Crippen molar-refractivity contribution < 1.29 is 9.47 Å². The first-order valence-corrected chi connectivity index (χ1v) is 7.50. The van der Waals surface area contributed by atoms with Gasteiger partial charge in [-0.15, -0.1) is 0 Å². The zero-order valence-electron chi connectivity index (χ0n) is 13.3. The Labute approximate surface area is 118 Å². The van der Waals surface area contributed by atoms with E-state index >= 15 is 0 Å². The Balaban J connectivity index is 2.76. The average molecular weight is 272 g/mol. The SMILES string of the molecule is COCCN(C(C)COC)C1C(C)CC(C)CC1N. The molecular formula is C15H32N2O2. The Kier molecular flexibility index (Phi) is 7.29. The zero-order valence-corrected chi connectivity index (χ0v) is 13.3. The number of hydrogen-bond donors (Lipinski definition) is 1. The highest BCUT2D eigenvalue weighted by Gasteiger charge is 2.37. The molecule has 5 unspecified atom stereocenters. The van der Waals surface area contributed by atoms with E-state index in [1.54, 1.807) is 14.2 Å². The molecule has 0 aliphatic heterocycles. The predicted octanol–water partition coefficient (Wildman–Crippen LogP) is 1.73. The molecule has 114 valence electrons. The summed E-state index contributed by atoms with van der Waals surface area (Å²) in [5.41, 5.74) is 6.44. The minimum absolute atomic E-state index is 0.259. The van der Waals surface area contributed by atoms with E-state index in [1.165, 1.54) is 6.42 Å². The quantitative estimate of drug-likeness (QED) is 0.767. The summed E-state index contributed by atoms with van der Waals surface area (Å²) in [5, 5.41) is 0. The van der Waals surface area contributed by atoms with Crippen molar-refractivity contribution in [2.45, 2.75) is 51.7 Å². The van der Waals surface area contributed by atoms with Crippen molar-refractivity contribution in [2.24, 2.45) is 17.6 Å². The van der Waals surface area contributed by atoms with Crippen LogP contribution in [0.15, 0.2) is 0 Å². The van der Waals surface area contributed by atoms with Crippen molar-refractivity contribution in [1.29, 1.82) is 0 Å². The lowest BCUT2D eigenvalue weighted by Crippen LogP contribution is -2.58. The second kappa shape index (κ2) is 8.20. The van der Waals surface area contributed by atoms with Gasteiger partial charge in [-0.05, 0) is 31.6 Å². The molecule has 0 bridgehead atoms. The monoisotopic (exact) mass is 272 g/mol. The standard InChI is InChI=1S/C15H32N2O2/c1-11-8-12(2)15(14(16)9-11)17(6-7-18-4)13(3)10-19-5/h11-15H,6-10,16H2,1-5H3. The third-order valence-electron chi connectivity index (χ3n) is 4.38. The Morgan fingerprint density at radius 1 is 1.21 bits per heavy atom. The molecule has 0 aromatic carbocycles. The lowest BCUT2D eigenvalue weighted by molar-refractivity contribution is 0.00152. The molecule has 4 nitrogen and oxygen atoms in total. The fourth-order valence-electron chi connectivity index (χ4n) is 3.67. The van der Waals surface area contributed by atoms with Gasteiger partial charge in [-0.1, -0.05) is 13.8 Å². The minimum Gasteiger partial charge on any atom is -0.383 e. The summed E-state index contributed by atoms with van der Waals surface area (Å²) in [6.45, 7) is 9.29. The van der Waals surface area contributed by atoms with E-state index in [0.29, 0.717) is 18.0 Å². The molecule has 4 heteroatoms. The summed E-state index contributed by atoms with van der Waals surface area (Å²) in [6.07, 6.45) is 2.39. The maximum absolute atomic E-state index is 6.44. The maximum atomic E-state index is 6.44. The molecule has 1 aliphatic carbocycles. The predicted molar refractivity (Wildman–Crippen MR) is 79.2 cm³/mol. The smallest absolute Gasteiger partial charge is 0.0615 e. The van der Waals surface area contributed by atoms with Gasteiger partial charge < -0.3 is 15.2 Å². The van der Waals surface area contributed by atoms with Gasteiger partial charge >= 0.3 is 0 Å². The fourth-order valence-corrected chi connectivity index (χ4v) is 3.67. The molecule has 0 spiro atoms. The van der Waals surface area contributed by atoms with Crippen LogP contribution in [0.4, 0.5) is 0 Å². The van der Waals surface area contributed by atoms with Crippen molar-refractivity contribution in [3.63, 3.8) is 0 Å². The zero-order chi connectivity index (χ0) is 14.4. The number of hydrogen-bond acceptors (Lipinski definition) is 4. The molecule has 0 heterocycles. The van der Waals surface area contributed by atoms with E-state index in [2.05, 4.69) is 25.7 Å². The average Bonchev–Trinajstić information content (AvgIpc) is 2.32. The number of ether oxygens (including phenoxy) is 2. The van der Waals surface area contributed by atoms with Crippen molar-refractivity contribution in [3.8, 4) is 0 Å². The number of nitrogens with zero attached hydrogens (tertiary/aromatic N) is 1. The second-order valence-corrected chi connectivity index (χ2v) is 6.24. The van der Waals surface area contributed by atoms with Crippen LogP contribution in [0, 0.1) is 11.8 Å². The van der Waals surface area contributed by atoms with E-state index in [-0.39, 0.29) is 6.04 Å². The van der Waals surface area contributed by atoms with Gasteiger partial charge in [-0.3, -0.25) is 4.90 Å². The van der Waals surface area contributed by atoms with E-state index in [0.717, 1.165) is 32.1 Å². The summed E-state index contributed by atoms with van der Waals surface area (Å²) < 4.78 is 10.6. The molecule has 5 atom stereocenters. The van der Waals surface area contributed by atoms with E-state index in [1.807, 2.05) is 0 Å². The summed E-state index contributed by atoms with van der Waals surface area (Å²) in [6, 6.07) is 1.08. The van der Waals surface area contributed by atoms with Gasteiger partial charge in [-0.2, -0.15) is 0 Å². The van der Waals surface area contributed by atoms with Crippen LogP contribution in [0.1, 0.15) is 33.6 Å². The van der Waals surface area contributed by atoms with Gasteiger partial charge in [0, 0.05) is 38.9 Å². The van der Waals surface area contributed by atoms with Gasteiger partial charge in [0.2, 0.25) is 0 Å². The van der Waals surface area contributed by atoms with Crippen LogP contribution in [-0.4, -0.2) is 57.0 Å². The van der Waals surface area contributed by atoms with Crippen LogP contribution in [-0.2, 0) is 9.47 Å². The highest BCUT2D eigenvalue weighted by Crippen LogP contribution is 2.32. The van der Waals surface area contributed by atoms with Crippen LogP contribution in [0.25, 0.3) is 0 Å². The molecule has 0 saturated heterocycles. The van der Waals surface area contributed by atoms with Crippen molar-refractivity contribution in [1.82, 2.24) is 4.90 Å². The number of rotatable bonds is 7. The molecule has 1 aliphatic rings. The molecule has 0 amide bonds. The van der Waals surface area contributed by atoms with Crippen LogP contribution >= 0.6 is 0 Å². The minimum atomic E-state index is 0.259. The molecular weight excluding hydrogens is 240 g/mol. The number of nitrogens with two attached hydrogens (primary N) is 1. The molecule has 1 fully saturated rings. The largest absolute Gasteiger partial charge is 0.383 e. The summed E-state index contributed by atoms with van der Waals surface area (Å²) in [7, 11) is 3.52. The van der Waals surface area contributed by atoms with Gasteiger partial charge in [-0.25, -0.2) is 0 Å². The molecule has 19 heavy (non-hydrogen) atoms. The third kappa shape index (κ3) is 4.71. The Morgan fingerprint density at radius 2 is 1.89 bits per heavy atom. The van der Waals surface area contributed by atoms with Gasteiger partial charge in [0.25, 0.3) is 0 Å². The summed E-state index contributed by atoms with van der Waals surface area (Å²) in [4.78, 5) is 2.49. The summed E-state index contributed by atoms with van der Waals surface area (Å²) in [5.74, 6) is 1.37. The maximum Gasteiger partial charge on any atom is 0.0615 e. The lowest BCUT2D eigenvalue weighted by Gasteiger charge is -2.46. The van der Waals surface area contributed by atoms with Crippen LogP contribution in [0.3, 0.4) is 0 Å². The lowest BCUT2D eigenvalue weighted by atomic mass is 9.76. The van der Waals surface area contributed by atoms with Crippen molar-refractivity contribution in [2.75, 3.05) is 34.0 Å². The first-order valence-electron chi connectivity index (χ1n) is 7.50. The molecule has 1 rings (SSSR count). The number of methoxy groups -OCH3 is 2. The first-order chi connectivity index (χ1) is 9.01. The van der Waals surface area contributed by atoms with E-state index < -0.39 is 0 Å². The van der Waals surface area contributed by atoms with Gasteiger partial charge in [0.15, 0.2) is 0 Å². The van der Waals surface area contributed by atoms with Crippen LogP contribution in [0.5, 0.6) is 0 Å². The highest BCUT2D eigenvalue weighted by atomic mass is 16.5. The molecule has 2 N–H and O–H groups in total. The fraction of sp³-hybridized carbons (Fsp3) is 1.00. The van der Waals surface area contributed by atoms with Crippen molar-refractivity contribution in [3.05, 3.63) is 0 Å².